The van der Waals surface area contributed by atoms with E-state index < -0.39 is 0 Å². The monoisotopic (exact) mass is 259 g/mol. The average molecular weight is 259 g/mol. The topological polar surface area (TPSA) is 50.9 Å². The summed E-state index contributed by atoms with van der Waals surface area (Å²) in [6.45, 7) is 2.72. The van der Waals surface area contributed by atoms with E-state index in [-0.39, 0.29) is 0 Å². The van der Waals surface area contributed by atoms with Crippen molar-refractivity contribution in [1.29, 1.82) is 0 Å². The Balaban J connectivity index is 2.69. The molecule has 4 heteroatoms. The van der Waals surface area contributed by atoms with Gasteiger partial charge in [0.05, 0.1) is 5.52 Å². The van der Waals surface area contributed by atoms with Crippen LogP contribution < -0.4 is 11.1 Å². The molecular formula is C14H17N3S. The molecule has 0 aliphatic carbocycles. The Hall–Kier alpha value is -1.52. The fourth-order valence-electron chi connectivity index (χ4n) is 2.06. The number of pyridine rings is 1. The molecule has 1 unspecified atom stereocenters. The molecule has 2 aromatic rings. The summed E-state index contributed by atoms with van der Waals surface area (Å²) in [5, 5.41) is 4.09. The van der Waals surface area contributed by atoms with E-state index in [0.29, 0.717) is 12.5 Å². The average Bonchev–Trinajstić information content (AvgIpc) is 2.44. The number of hydrogen-bond acceptors (Lipinski definition) is 3. The maximum absolute atomic E-state index is 5.75. The van der Waals surface area contributed by atoms with Crippen molar-refractivity contribution in [2.24, 2.45) is 5.73 Å². The van der Waals surface area contributed by atoms with Crippen LogP contribution in [0.15, 0.2) is 30.5 Å². The third kappa shape index (κ3) is 2.21. The van der Waals surface area contributed by atoms with Crippen molar-refractivity contribution < 1.29 is 0 Å². The van der Waals surface area contributed by atoms with Crippen molar-refractivity contribution in [3.63, 3.8) is 0 Å². The summed E-state index contributed by atoms with van der Waals surface area (Å²) in [5.74, 6) is 0.291. The lowest BCUT2D eigenvalue weighted by molar-refractivity contribution is 0.779. The van der Waals surface area contributed by atoms with Crippen molar-refractivity contribution >= 4 is 28.1 Å². The molecule has 0 fully saturated rings. The smallest absolute Gasteiger partial charge is 0.107 e. The molecule has 3 N–H and O–H groups in total. The predicted octanol–water partition coefficient (Wildman–Crippen LogP) is 2.19. The van der Waals surface area contributed by atoms with Gasteiger partial charge >= 0.3 is 0 Å². The fraction of sp³-hybridized carbons (Fsp3) is 0.286. The highest BCUT2D eigenvalue weighted by Crippen LogP contribution is 2.25. The molecule has 1 atom stereocenters. The van der Waals surface area contributed by atoms with Crippen LogP contribution in [0, 0.1) is 0 Å². The van der Waals surface area contributed by atoms with Gasteiger partial charge in [-0.15, -0.1) is 0 Å². The number of thiocarbonyl (C=S) groups is 1. The molecule has 1 aromatic carbocycles. The molecule has 3 nitrogen and oxygen atoms in total. The summed E-state index contributed by atoms with van der Waals surface area (Å²) in [7, 11) is 1.83. The quantitative estimate of drug-likeness (QED) is 0.830. The van der Waals surface area contributed by atoms with E-state index in [9.17, 15) is 0 Å². The van der Waals surface area contributed by atoms with Gasteiger partial charge in [-0.3, -0.25) is 4.98 Å². The van der Waals surface area contributed by atoms with Crippen molar-refractivity contribution in [1.82, 2.24) is 10.3 Å². The Morgan fingerprint density at radius 1 is 1.44 bits per heavy atom. The first-order valence-corrected chi connectivity index (χ1v) is 6.39. The van der Waals surface area contributed by atoms with Gasteiger partial charge in [-0.25, -0.2) is 0 Å². The van der Waals surface area contributed by atoms with Crippen LogP contribution in [0.3, 0.4) is 0 Å². The molecule has 0 saturated carbocycles. The van der Waals surface area contributed by atoms with Crippen LogP contribution in [-0.2, 0) is 0 Å². The molecule has 0 saturated heterocycles. The standard InChI is InChI=1S/C14H17N3S/c1-9(8-15)10-4-3-5-11-12(14(18)16-2)6-7-17-13(10)11/h3-7,9H,8,15H2,1-2H3,(H,16,18). The SMILES string of the molecule is CNC(=S)c1ccnc2c(C(C)CN)cccc12. The minimum atomic E-state index is 0.291. The van der Waals surface area contributed by atoms with Gasteiger partial charge in [0.15, 0.2) is 0 Å². The summed E-state index contributed by atoms with van der Waals surface area (Å²) in [4.78, 5) is 5.22. The number of fused-ring (bicyclic) bond motifs is 1. The van der Waals surface area contributed by atoms with Gasteiger partial charge in [0, 0.05) is 24.2 Å². The van der Waals surface area contributed by atoms with E-state index in [1.165, 1.54) is 5.56 Å². The number of rotatable bonds is 3. The second kappa shape index (κ2) is 5.42. The lowest BCUT2D eigenvalue weighted by Gasteiger charge is -2.14. The normalized spacial score (nSPS) is 12.4. The number of nitrogens with one attached hydrogen (secondary N) is 1. The Labute approximate surface area is 112 Å². The number of hydrogen-bond donors (Lipinski definition) is 2. The van der Waals surface area contributed by atoms with E-state index >= 15 is 0 Å². The number of aromatic nitrogens is 1. The van der Waals surface area contributed by atoms with E-state index in [4.69, 9.17) is 18.0 Å². The molecule has 18 heavy (non-hydrogen) atoms. The highest BCUT2D eigenvalue weighted by molar-refractivity contribution is 7.80. The maximum Gasteiger partial charge on any atom is 0.107 e. The predicted molar refractivity (Wildman–Crippen MR) is 80.0 cm³/mol. The fourth-order valence-corrected chi connectivity index (χ4v) is 2.23. The summed E-state index contributed by atoms with van der Waals surface area (Å²) in [5.41, 5.74) is 8.94. The van der Waals surface area contributed by atoms with Gasteiger partial charge in [0.2, 0.25) is 0 Å². The second-order valence-electron chi connectivity index (χ2n) is 4.32. The summed E-state index contributed by atoms with van der Waals surface area (Å²) in [6, 6.07) is 8.11. The van der Waals surface area contributed by atoms with E-state index in [0.717, 1.165) is 21.5 Å². The molecule has 1 aromatic heterocycles. The van der Waals surface area contributed by atoms with Gasteiger partial charge in [0.1, 0.15) is 4.99 Å². The van der Waals surface area contributed by atoms with Gasteiger partial charge in [-0.1, -0.05) is 37.3 Å². The molecule has 1 heterocycles. The third-order valence-corrected chi connectivity index (χ3v) is 3.58. The second-order valence-corrected chi connectivity index (χ2v) is 4.73. The van der Waals surface area contributed by atoms with Crippen LogP contribution in [0.2, 0.25) is 0 Å². The highest BCUT2D eigenvalue weighted by atomic mass is 32.1. The van der Waals surface area contributed by atoms with Crippen LogP contribution >= 0.6 is 12.2 Å². The third-order valence-electron chi connectivity index (χ3n) is 3.16. The van der Waals surface area contributed by atoms with Crippen LogP contribution in [0.1, 0.15) is 24.0 Å². The maximum atomic E-state index is 5.75. The first kappa shape index (κ1) is 12.9. The van der Waals surface area contributed by atoms with Gasteiger partial charge < -0.3 is 11.1 Å². The first-order valence-electron chi connectivity index (χ1n) is 5.98. The molecule has 0 amide bonds. The van der Waals surface area contributed by atoms with Crippen molar-refractivity contribution in [3.8, 4) is 0 Å². The molecule has 0 bridgehead atoms. The zero-order valence-electron chi connectivity index (χ0n) is 10.6. The first-order chi connectivity index (χ1) is 8.69. The van der Waals surface area contributed by atoms with Crippen molar-refractivity contribution in [3.05, 3.63) is 41.6 Å². The molecule has 0 spiro atoms. The molecule has 0 aliphatic heterocycles. The van der Waals surface area contributed by atoms with Gasteiger partial charge in [0.25, 0.3) is 0 Å². The number of nitrogens with two attached hydrogens (primary N) is 1. The Morgan fingerprint density at radius 2 is 2.22 bits per heavy atom. The van der Waals surface area contributed by atoms with Crippen LogP contribution in [0.4, 0.5) is 0 Å². The molecule has 0 radical (unpaired) electrons. The number of benzene rings is 1. The molecular weight excluding hydrogens is 242 g/mol. The van der Waals surface area contributed by atoms with E-state index in [2.05, 4.69) is 23.3 Å². The van der Waals surface area contributed by atoms with Gasteiger partial charge in [-0.2, -0.15) is 0 Å². The Morgan fingerprint density at radius 3 is 2.89 bits per heavy atom. The van der Waals surface area contributed by atoms with Crippen LogP contribution in [-0.4, -0.2) is 23.6 Å². The van der Waals surface area contributed by atoms with E-state index in [1.807, 2.05) is 25.2 Å². The minimum Gasteiger partial charge on any atom is -0.379 e. The number of nitrogens with zero attached hydrogens (tertiary/aromatic N) is 1. The summed E-state index contributed by atoms with van der Waals surface area (Å²) >= 11 is 5.32. The largest absolute Gasteiger partial charge is 0.379 e. The lowest BCUT2D eigenvalue weighted by atomic mass is 9.96. The Kier molecular flexibility index (Phi) is 3.89. The lowest BCUT2D eigenvalue weighted by Crippen LogP contribution is -2.17. The van der Waals surface area contributed by atoms with Crippen LogP contribution in [0.5, 0.6) is 0 Å². The van der Waals surface area contributed by atoms with E-state index in [1.54, 1.807) is 6.20 Å². The summed E-state index contributed by atoms with van der Waals surface area (Å²) in [6.07, 6.45) is 1.80. The minimum absolute atomic E-state index is 0.291. The zero-order chi connectivity index (χ0) is 13.1. The van der Waals surface area contributed by atoms with Crippen molar-refractivity contribution in [2.45, 2.75) is 12.8 Å². The molecule has 0 aliphatic rings. The van der Waals surface area contributed by atoms with Crippen LogP contribution in [0.25, 0.3) is 10.9 Å². The van der Waals surface area contributed by atoms with Gasteiger partial charge in [-0.05, 0) is 24.1 Å². The van der Waals surface area contributed by atoms with Crippen molar-refractivity contribution in [2.75, 3.05) is 13.6 Å². The highest BCUT2D eigenvalue weighted by Gasteiger charge is 2.12. The Bertz CT molecular complexity index is 580. The molecule has 2 rings (SSSR count). The zero-order valence-corrected chi connectivity index (χ0v) is 11.4. The number of para-hydroxylation sites is 1. The molecule has 94 valence electrons. The summed E-state index contributed by atoms with van der Waals surface area (Å²) < 4.78 is 0.